The number of esters is 1. The third-order valence-electron chi connectivity index (χ3n) is 6.65. The number of rotatable bonds is 10. The van der Waals surface area contributed by atoms with Crippen LogP contribution in [0.2, 0.25) is 0 Å². The van der Waals surface area contributed by atoms with E-state index >= 15 is 0 Å². The van der Waals surface area contributed by atoms with Crippen molar-refractivity contribution in [2.24, 2.45) is 0 Å². The molecule has 2 aromatic carbocycles. The number of benzene rings is 2. The highest BCUT2D eigenvalue weighted by molar-refractivity contribution is 8.01. The van der Waals surface area contributed by atoms with E-state index in [0.717, 1.165) is 0 Å². The van der Waals surface area contributed by atoms with E-state index in [1.807, 2.05) is 13.8 Å². The van der Waals surface area contributed by atoms with Crippen molar-refractivity contribution >= 4 is 39.8 Å². The number of carbonyl (C=O) groups excluding carboxylic acids is 3. The highest BCUT2D eigenvalue weighted by Crippen LogP contribution is 2.33. The first-order chi connectivity index (χ1) is 20.7. The number of aryl methyl sites for hydroxylation is 1. The number of H-pyrrole nitrogens is 1. The topological polar surface area (TPSA) is 160 Å². The number of carbonyl (C=O) groups is 3. The number of nitrogens with zero attached hydrogens (tertiary/aromatic N) is 3. The van der Waals surface area contributed by atoms with Gasteiger partial charge >= 0.3 is 12.1 Å². The van der Waals surface area contributed by atoms with Crippen LogP contribution >= 0.6 is 11.8 Å². The molecule has 4 rings (SSSR count). The summed E-state index contributed by atoms with van der Waals surface area (Å²) in [5.74, 6) is -0.768. The van der Waals surface area contributed by atoms with Crippen LogP contribution in [-0.2, 0) is 26.0 Å². The molecule has 0 unspecified atom stereocenters. The predicted molar refractivity (Wildman–Crippen MR) is 163 cm³/mol. The Morgan fingerprint density at radius 2 is 1.73 bits per heavy atom. The third kappa shape index (κ3) is 7.34. The van der Waals surface area contributed by atoms with Crippen LogP contribution in [0, 0.1) is 6.92 Å². The van der Waals surface area contributed by atoms with Crippen molar-refractivity contribution in [1.82, 2.24) is 24.7 Å². The fourth-order valence-corrected chi connectivity index (χ4v) is 7.45. The molecule has 44 heavy (non-hydrogen) atoms. The Bertz CT molecular complexity index is 1620. The molecule has 0 radical (unpaired) electrons. The summed E-state index contributed by atoms with van der Waals surface area (Å²) in [6, 6.07) is 10.9. The highest BCUT2D eigenvalue weighted by Gasteiger charge is 2.47. The van der Waals surface area contributed by atoms with E-state index in [1.54, 1.807) is 44.4 Å². The predicted octanol–water partition coefficient (Wildman–Crippen LogP) is 2.96. The van der Waals surface area contributed by atoms with Gasteiger partial charge in [0.2, 0.25) is 0 Å². The van der Waals surface area contributed by atoms with Gasteiger partial charge in [0.15, 0.2) is 17.5 Å². The molecule has 2 amide bonds. The van der Waals surface area contributed by atoms with E-state index in [4.69, 9.17) is 14.2 Å². The van der Waals surface area contributed by atoms with Gasteiger partial charge in [0.25, 0.3) is 15.9 Å². The molecule has 15 heteroatoms. The zero-order valence-electron chi connectivity index (χ0n) is 25.2. The quantitative estimate of drug-likeness (QED) is 0.246. The molecule has 1 saturated heterocycles. The molecule has 2 heterocycles. The molecule has 13 nitrogen and oxygen atoms in total. The maximum absolute atomic E-state index is 14.2. The van der Waals surface area contributed by atoms with Crippen molar-refractivity contribution < 1.29 is 37.0 Å². The second-order valence-electron chi connectivity index (χ2n) is 10.9. The Morgan fingerprint density at radius 3 is 2.27 bits per heavy atom. The molecule has 0 spiro atoms. The van der Waals surface area contributed by atoms with Gasteiger partial charge in [-0.15, -0.1) is 11.8 Å². The fourth-order valence-electron chi connectivity index (χ4n) is 4.38. The lowest BCUT2D eigenvalue weighted by atomic mass is 10.1. The lowest BCUT2D eigenvalue weighted by Gasteiger charge is -2.31. The van der Waals surface area contributed by atoms with Gasteiger partial charge in [0.1, 0.15) is 16.0 Å². The summed E-state index contributed by atoms with van der Waals surface area (Å²) < 4.78 is 45.4. The third-order valence-corrected chi connectivity index (χ3v) is 10.1. The molecule has 2 N–H and O–H groups in total. The molecular formula is C29H35N5O8S2. The Hall–Kier alpha value is -4.08. The summed E-state index contributed by atoms with van der Waals surface area (Å²) in [6.07, 6.45) is 0.331. The summed E-state index contributed by atoms with van der Waals surface area (Å²) in [4.78, 5) is 41.2. The number of amides is 2. The molecule has 1 aromatic heterocycles. The molecule has 1 fully saturated rings. The van der Waals surface area contributed by atoms with Crippen LogP contribution in [0.5, 0.6) is 17.2 Å². The molecule has 0 bridgehead atoms. The van der Waals surface area contributed by atoms with E-state index in [1.165, 1.54) is 55.1 Å². The lowest BCUT2D eigenvalue weighted by Crippen LogP contribution is -2.56. The zero-order valence-corrected chi connectivity index (χ0v) is 26.8. The number of hydrogen-bond donors (Lipinski definition) is 2. The van der Waals surface area contributed by atoms with Crippen molar-refractivity contribution in [1.29, 1.82) is 0 Å². The van der Waals surface area contributed by atoms with Gasteiger partial charge in [0, 0.05) is 38.0 Å². The van der Waals surface area contributed by atoms with Gasteiger partial charge in [-0.2, -0.15) is 5.10 Å². The van der Waals surface area contributed by atoms with E-state index < -0.39 is 44.9 Å². The number of para-hydroxylation sites is 2. The Morgan fingerprint density at radius 1 is 1.07 bits per heavy atom. The molecule has 2 atom stereocenters. The number of methoxy groups -OCH3 is 1. The minimum Gasteiger partial charge on any atom is -0.493 e. The van der Waals surface area contributed by atoms with Gasteiger partial charge in [-0.3, -0.25) is 15.2 Å². The Kier molecular flexibility index (Phi) is 9.91. The molecule has 1 aliphatic rings. The molecule has 3 aromatic rings. The van der Waals surface area contributed by atoms with Crippen molar-refractivity contribution in [3.05, 3.63) is 66.0 Å². The summed E-state index contributed by atoms with van der Waals surface area (Å²) in [5.41, 5.74) is 0.138. The van der Waals surface area contributed by atoms with Crippen LogP contribution in [0.1, 0.15) is 25.1 Å². The number of aromatic amines is 1. The van der Waals surface area contributed by atoms with Crippen LogP contribution in [0.4, 0.5) is 4.79 Å². The van der Waals surface area contributed by atoms with Gasteiger partial charge in [0.05, 0.1) is 12.8 Å². The van der Waals surface area contributed by atoms with Gasteiger partial charge in [-0.25, -0.2) is 22.3 Å². The monoisotopic (exact) mass is 645 g/mol. The van der Waals surface area contributed by atoms with Gasteiger partial charge in [-0.05, 0) is 50.6 Å². The van der Waals surface area contributed by atoms with E-state index in [9.17, 15) is 22.8 Å². The maximum atomic E-state index is 14.2. The van der Waals surface area contributed by atoms with Gasteiger partial charge in [-0.1, -0.05) is 24.3 Å². The minimum atomic E-state index is -4.64. The Labute approximate surface area is 260 Å². The minimum absolute atomic E-state index is 0.0507. The maximum Gasteiger partial charge on any atom is 0.414 e. The summed E-state index contributed by atoms with van der Waals surface area (Å²) in [5, 5.41) is 8.65. The number of aromatic nitrogens is 2. The van der Waals surface area contributed by atoms with Crippen LogP contribution in [0.3, 0.4) is 0 Å². The first-order valence-corrected chi connectivity index (χ1v) is 16.0. The van der Waals surface area contributed by atoms with Crippen molar-refractivity contribution in [3.8, 4) is 17.2 Å². The van der Waals surface area contributed by atoms with Crippen molar-refractivity contribution in [3.63, 3.8) is 0 Å². The molecule has 0 aliphatic carbocycles. The second-order valence-corrected chi connectivity index (χ2v) is 13.8. The molecule has 1 aliphatic heterocycles. The van der Waals surface area contributed by atoms with E-state index in [0.29, 0.717) is 15.6 Å². The number of hydrogen-bond acceptors (Lipinski definition) is 11. The second kappa shape index (κ2) is 13.3. The van der Waals surface area contributed by atoms with Crippen molar-refractivity contribution in [2.75, 3.05) is 27.0 Å². The Balaban J connectivity index is 1.79. The number of thioether (sulfide) groups is 1. The normalized spacial score (nSPS) is 16.5. The number of ether oxygens (including phenoxy) is 3. The largest absolute Gasteiger partial charge is 0.493 e. The smallest absolute Gasteiger partial charge is 0.414 e. The van der Waals surface area contributed by atoms with Crippen LogP contribution in [-0.4, -0.2) is 89.7 Å². The first-order valence-electron chi connectivity index (χ1n) is 13.5. The SMILES string of the molecule is COc1ccccc1OC(=O)[C@H](Cc1ccc(OC(=O)N(C)C)cc1)N(C(=O)[C@H]1NC(C)(C)CS1)S(=O)(=O)c1c[nH]nc1C. The standard InChI is InChI=1S/C29H35N5O8S2/c1-18-24(16-30-32-18)44(38,39)34(26(35)25-31-29(2,3)17-43-25)21(27(36)42-23-10-8-7-9-22(23)40-6)15-19-11-13-20(14-12-19)41-28(37)33(4)5/h7-14,16,21,25,31H,15,17H2,1-6H3,(H,30,32)/t21-,25-/m0/s1. The van der Waals surface area contributed by atoms with E-state index in [-0.39, 0.29) is 34.3 Å². The number of sulfonamides is 1. The van der Waals surface area contributed by atoms with Crippen molar-refractivity contribution in [2.45, 2.75) is 49.0 Å². The molecule has 236 valence electrons. The molecular weight excluding hydrogens is 610 g/mol. The van der Waals surface area contributed by atoms with E-state index in [2.05, 4.69) is 15.5 Å². The van der Waals surface area contributed by atoms with Crippen LogP contribution in [0.15, 0.2) is 59.6 Å². The van der Waals surface area contributed by atoms with Crippen LogP contribution in [0.25, 0.3) is 0 Å². The summed E-state index contributed by atoms with van der Waals surface area (Å²) >= 11 is 1.24. The highest BCUT2D eigenvalue weighted by atomic mass is 32.2. The lowest BCUT2D eigenvalue weighted by molar-refractivity contribution is -0.144. The summed E-state index contributed by atoms with van der Waals surface area (Å²) in [7, 11) is -0.149. The summed E-state index contributed by atoms with van der Waals surface area (Å²) in [6.45, 7) is 5.27. The average Bonchev–Trinajstić information content (AvgIpc) is 3.58. The molecule has 0 saturated carbocycles. The fraction of sp³-hybridized carbons (Fsp3) is 0.379. The zero-order chi connectivity index (χ0) is 32.2. The number of nitrogens with one attached hydrogen (secondary N) is 2. The van der Waals surface area contributed by atoms with Crippen LogP contribution < -0.4 is 19.5 Å². The van der Waals surface area contributed by atoms with Gasteiger partial charge < -0.3 is 19.1 Å². The first kappa shape index (κ1) is 32.8. The average molecular weight is 646 g/mol.